The molecule has 0 saturated carbocycles. The lowest BCUT2D eigenvalue weighted by Crippen LogP contribution is -2.01. The van der Waals surface area contributed by atoms with E-state index in [0.29, 0.717) is 0 Å². The fourth-order valence-electron chi connectivity index (χ4n) is 3.32. The Labute approximate surface area is 145 Å². The molecule has 3 rings (SSSR count). The molecule has 0 radical (unpaired) electrons. The summed E-state index contributed by atoms with van der Waals surface area (Å²) in [5.74, 6) is 1.10. The van der Waals surface area contributed by atoms with Gasteiger partial charge in [-0.1, -0.05) is 75.4 Å². The molecule has 0 spiro atoms. The van der Waals surface area contributed by atoms with E-state index >= 15 is 0 Å². The Hall–Kier alpha value is -2.09. The largest absolute Gasteiger partial charge is 0.324 e. The molecular weight excluding hydrogens is 292 g/mol. The maximum atomic E-state index is 4.92. The van der Waals surface area contributed by atoms with Gasteiger partial charge in [0.15, 0.2) is 0 Å². The molecule has 0 bridgehead atoms. The first-order chi connectivity index (χ1) is 11.8. The summed E-state index contributed by atoms with van der Waals surface area (Å²) in [7, 11) is 0. The van der Waals surface area contributed by atoms with E-state index in [2.05, 4.69) is 66.9 Å². The van der Waals surface area contributed by atoms with Crippen LogP contribution in [0.1, 0.15) is 51.0 Å². The molecule has 0 aliphatic heterocycles. The van der Waals surface area contributed by atoms with Crippen molar-refractivity contribution in [3.63, 3.8) is 0 Å². The fraction of sp³-hybridized carbons (Fsp3) is 0.409. The topological polar surface area (TPSA) is 17.8 Å². The van der Waals surface area contributed by atoms with E-state index in [1.165, 1.54) is 55.2 Å². The normalized spacial score (nSPS) is 11.2. The lowest BCUT2D eigenvalue weighted by Gasteiger charge is -2.10. The number of benzene rings is 2. The van der Waals surface area contributed by atoms with Gasteiger partial charge in [-0.2, -0.15) is 0 Å². The number of unbranched alkanes of at least 4 members (excludes halogenated alkanes) is 5. The van der Waals surface area contributed by atoms with Crippen LogP contribution >= 0.6 is 0 Å². The summed E-state index contributed by atoms with van der Waals surface area (Å²) in [6.45, 7) is 5.48. The van der Waals surface area contributed by atoms with E-state index in [0.717, 1.165) is 17.9 Å². The zero-order valence-corrected chi connectivity index (χ0v) is 15.0. The summed E-state index contributed by atoms with van der Waals surface area (Å²) in [5.41, 5.74) is 4.87. The highest BCUT2D eigenvalue weighted by atomic mass is 15.1. The van der Waals surface area contributed by atoms with Crippen molar-refractivity contribution in [2.75, 3.05) is 0 Å². The third-order valence-corrected chi connectivity index (χ3v) is 4.67. The van der Waals surface area contributed by atoms with Gasteiger partial charge in [0.25, 0.3) is 0 Å². The summed E-state index contributed by atoms with van der Waals surface area (Å²) in [4.78, 5) is 4.92. The first-order valence-corrected chi connectivity index (χ1v) is 9.32. The van der Waals surface area contributed by atoms with Crippen molar-refractivity contribution >= 4 is 11.0 Å². The Morgan fingerprint density at radius 2 is 1.62 bits per heavy atom. The minimum Gasteiger partial charge on any atom is -0.324 e. The van der Waals surface area contributed by atoms with Crippen LogP contribution in [0.25, 0.3) is 22.4 Å². The molecule has 2 nitrogen and oxygen atoms in total. The maximum absolute atomic E-state index is 4.92. The molecule has 126 valence electrons. The smallest absolute Gasteiger partial charge is 0.141 e. The average molecular weight is 320 g/mol. The van der Waals surface area contributed by atoms with Gasteiger partial charge in [0.1, 0.15) is 5.82 Å². The van der Waals surface area contributed by atoms with Crippen molar-refractivity contribution in [3.05, 3.63) is 54.1 Å². The van der Waals surface area contributed by atoms with Crippen molar-refractivity contribution in [3.8, 4) is 11.4 Å². The van der Waals surface area contributed by atoms with E-state index in [1.807, 2.05) is 0 Å². The number of hydrogen-bond acceptors (Lipinski definition) is 1. The molecule has 0 N–H and O–H groups in total. The Kier molecular flexibility index (Phi) is 5.68. The first-order valence-electron chi connectivity index (χ1n) is 9.32. The predicted molar refractivity (Wildman–Crippen MR) is 103 cm³/mol. The number of rotatable bonds is 8. The van der Waals surface area contributed by atoms with E-state index in [4.69, 9.17) is 4.98 Å². The number of hydrogen-bond donors (Lipinski definition) is 0. The molecule has 3 aromatic rings. The Morgan fingerprint density at radius 3 is 2.42 bits per heavy atom. The highest BCUT2D eigenvalue weighted by Gasteiger charge is 2.12. The van der Waals surface area contributed by atoms with Crippen LogP contribution in [0.3, 0.4) is 0 Å². The van der Waals surface area contributed by atoms with Crippen molar-refractivity contribution in [2.24, 2.45) is 0 Å². The molecule has 0 saturated heterocycles. The third-order valence-electron chi connectivity index (χ3n) is 4.67. The molecule has 0 aliphatic carbocycles. The number of aryl methyl sites for hydroxylation is 2. The SMILES string of the molecule is CCCCCCCCn1c(-c2ccccc2)nc2ccc(C)cc21. The monoisotopic (exact) mass is 320 g/mol. The van der Waals surface area contributed by atoms with Crippen molar-refractivity contribution in [1.29, 1.82) is 0 Å². The van der Waals surface area contributed by atoms with E-state index < -0.39 is 0 Å². The molecule has 1 heterocycles. The summed E-state index contributed by atoms with van der Waals surface area (Å²) in [6, 6.07) is 17.1. The fourth-order valence-corrected chi connectivity index (χ4v) is 3.32. The standard InChI is InChI=1S/C22H28N2/c1-3-4-5-6-7-11-16-24-21-17-18(2)14-15-20(21)23-22(24)19-12-9-8-10-13-19/h8-10,12-15,17H,3-7,11,16H2,1-2H3. The van der Waals surface area contributed by atoms with Gasteiger partial charge in [0.2, 0.25) is 0 Å². The zero-order valence-electron chi connectivity index (χ0n) is 15.0. The lowest BCUT2D eigenvalue weighted by atomic mass is 10.1. The number of aromatic nitrogens is 2. The first kappa shape index (κ1) is 16.8. The molecule has 0 fully saturated rings. The molecular formula is C22H28N2. The van der Waals surface area contributed by atoms with Gasteiger partial charge >= 0.3 is 0 Å². The van der Waals surface area contributed by atoms with Gasteiger partial charge in [-0.25, -0.2) is 4.98 Å². The Bertz CT molecular complexity index is 771. The summed E-state index contributed by atoms with van der Waals surface area (Å²) in [5, 5.41) is 0. The minimum atomic E-state index is 1.05. The van der Waals surface area contributed by atoms with Crippen LogP contribution < -0.4 is 0 Å². The second-order valence-electron chi connectivity index (χ2n) is 6.71. The summed E-state index contributed by atoms with van der Waals surface area (Å²) in [6.07, 6.45) is 7.92. The van der Waals surface area contributed by atoms with Crippen molar-refractivity contribution < 1.29 is 0 Å². The molecule has 0 amide bonds. The van der Waals surface area contributed by atoms with Crippen LogP contribution in [0.4, 0.5) is 0 Å². The summed E-state index contributed by atoms with van der Waals surface area (Å²) >= 11 is 0. The van der Waals surface area contributed by atoms with Gasteiger partial charge in [-0.05, 0) is 31.0 Å². The second-order valence-corrected chi connectivity index (χ2v) is 6.71. The van der Waals surface area contributed by atoms with E-state index in [-0.39, 0.29) is 0 Å². The molecule has 0 unspecified atom stereocenters. The highest BCUT2D eigenvalue weighted by Crippen LogP contribution is 2.26. The Morgan fingerprint density at radius 1 is 0.875 bits per heavy atom. The number of nitrogens with zero attached hydrogens (tertiary/aromatic N) is 2. The van der Waals surface area contributed by atoms with Crippen LogP contribution in [0.5, 0.6) is 0 Å². The number of fused-ring (bicyclic) bond motifs is 1. The molecule has 0 atom stereocenters. The maximum Gasteiger partial charge on any atom is 0.141 e. The number of imidazole rings is 1. The van der Waals surface area contributed by atoms with Crippen LogP contribution in [0.15, 0.2) is 48.5 Å². The molecule has 2 aromatic carbocycles. The molecule has 24 heavy (non-hydrogen) atoms. The van der Waals surface area contributed by atoms with Crippen LogP contribution in [-0.4, -0.2) is 9.55 Å². The van der Waals surface area contributed by atoms with Gasteiger partial charge in [0, 0.05) is 12.1 Å². The second kappa shape index (κ2) is 8.14. The van der Waals surface area contributed by atoms with Crippen LogP contribution in [0.2, 0.25) is 0 Å². The summed E-state index contributed by atoms with van der Waals surface area (Å²) < 4.78 is 2.41. The van der Waals surface area contributed by atoms with Crippen molar-refractivity contribution in [1.82, 2.24) is 9.55 Å². The minimum absolute atomic E-state index is 1.05. The van der Waals surface area contributed by atoms with Crippen LogP contribution in [-0.2, 0) is 6.54 Å². The van der Waals surface area contributed by atoms with Crippen molar-refractivity contribution in [2.45, 2.75) is 58.9 Å². The molecule has 1 aromatic heterocycles. The van der Waals surface area contributed by atoms with Gasteiger partial charge in [0.05, 0.1) is 11.0 Å². The van der Waals surface area contributed by atoms with E-state index in [9.17, 15) is 0 Å². The predicted octanol–water partition coefficient (Wildman–Crippen LogP) is 6.37. The molecule has 2 heteroatoms. The van der Waals surface area contributed by atoms with Gasteiger partial charge in [-0.15, -0.1) is 0 Å². The average Bonchev–Trinajstić information content (AvgIpc) is 2.96. The van der Waals surface area contributed by atoms with Gasteiger partial charge in [-0.3, -0.25) is 0 Å². The molecule has 0 aliphatic rings. The lowest BCUT2D eigenvalue weighted by molar-refractivity contribution is 0.566. The quantitative estimate of drug-likeness (QED) is 0.441. The van der Waals surface area contributed by atoms with E-state index in [1.54, 1.807) is 0 Å². The van der Waals surface area contributed by atoms with Crippen LogP contribution in [0, 0.1) is 6.92 Å². The highest BCUT2D eigenvalue weighted by molar-refractivity contribution is 5.81. The zero-order chi connectivity index (χ0) is 16.8. The Balaban J connectivity index is 1.84. The van der Waals surface area contributed by atoms with Gasteiger partial charge < -0.3 is 4.57 Å². The third kappa shape index (κ3) is 3.87.